The molecule has 1 aromatic carbocycles. The maximum Gasteiger partial charge on any atom is 0.433 e. The summed E-state index contributed by atoms with van der Waals surface area (Å²) >= 11 is 1.37. The molecular formula is C19H22N4O5S. The summed E-state index contributed by atoms with van der Waals surface area (Å²) in [6.45, 7) is 3.58. The van der Waals surface area contributed by atoms with Gasteiger partial charge in [-0.25, -0.2) is 4.98 Å². The van der Waals surface area contributed by atoms with Gasteiger partial charge in [-0.3, -0.25) is 19.8 Å². The lowest BCUT2D eigenvalue weighted by molar-refractivity contribution is -0.402. The van der Waals surface area contributed by atoms with Crippen molar-refractivity contribution < 1.29 is 18.9 Å². The highest BCUT2D eigenvalue weighted by Gasteiger charge is 2.26. The molecule has 1 amide bonds. The molecule has 29 heavy (non-hydrogen) atoms. The molecule has 9 nitrogen and oxygen atoms in total. The third-order valence-corrected chi connectivity index (χ3v) is 5.16. The minimum atomic E-state index is -0.667. The molecule has 0 saturated carbocycles. The molecule has 0 aliphatic rings. The first kappa shape index (κ1) is 20.7. The molecule has 2 aromatic heterocycles. The first-order valence-corrected chi connectivity index (χ1v) is 9.95. The first-order chi connectivity index (χ1) is 13.9. The Balaban J connectivity index is 1.96. The van der Waals surface area contributed by atoms with Gasteiger partial charge in [-0.1, -0.05) is 17.4 Å². The van der Waals surface area contributed by atoms with Crippen molar-refractivity contribution in [3.63, 3.8) is 0 Å². The summed E-state index contributed by atoms with van der Waals surface area (Å²) in [6.07, 6.45) is 0.704. The molecule has 0 atom stereocenters. The van der Waals surface area contributed by atoms with Crippen LogP contribution in [0, 0.1) is 10.1 Å². The summed E-state index contributed by atoms with van der Waals surface area (Å²) in [6, 6.07) is 8.13. The monoisotopic (exact) mass is 418 g/mol. The molecule has 2 heterocycles. The lowest BCUT2D eigenvalue weighted by Gasteiger charge is -2.19. The van der Waals surface area contributed by atoms with Crippen LogP contribution in [0.4, 0.5) is 11.0 Å². The van der Waals surface area contributed by atoms with Crippen LogP contribution in [0.3, 0.4) is 0 Å². The maximum atomic E-state index is 13.1. The van der Waals surface area contributed by atoms with E-state index >= 15 is 0 Å². The van der Waals surface area contributed by atoms with E-state index in [0.717, 1.165) is 11.2 Å². The van der Waals surface area contributed by atoms with E-state index in [0.29, 0.717) is 36.0 Å². The molecule has 154 valence electrons. The Morgan fingerprint density at radius 3 is 2.72 bits per heavy atom. The van der Waals surface area contributed by atoms with Gasteiger partial charge < -0.3 is 14.1 Å². The normalized spacial score (nSPS) is 11.2. The van der Waals surface area contributed by atoms with Crippen LogP contribution in [-0.2, 0) is 0 Å². The third-order valence-electron chi connectivity index (χ3n) is 4.12. The highest BCUT2D eigenvalue weighted by molar-refractivity contribution is 7.22. The zero-order valence-electron chi connectivity index (χ0n) is 16.5. The SMILES string of the molecule is CCOc1cccc2sc(N(CCCN(C)C)C(=O)c3ccc([N+](=O)[O-])o3)nc12. The van der Waals surface area contributed by atoms with Crippen molar-refractivity contribution in [2.45, 2.75) is 13.3 Å². The molecule has 0 N–H and O–H groups in total. The van der Waals surface area contributed by atoms with Crippen molar-refractivity contribution in [1.82, 2.24) is 9.88 Å². The Bertz CT molecular complexity index is 1010. The van der Waals surface area contributed by atoms with Gasteiger partial charge in [0, 0.05) is 6.54 Å². The number of carbonyl (C=O) groups is 1. The number of fused-ring (bicyclic) bond motifs is 1. The Morgan fingerprint density at radius 2 is 2.07 bits per heavy atom. The molecule has 3 rings (SSSR count). The van der Waals surface area contributed by atoms with E-state index in [1.165, 1.54) is 28.4 Å². The molecule has 0 bridgehead atoms. The Morgan fingerprint density at radius 1 is 1.28 bits per heavy atom. The Hall–Kier alpha value is -2.98. The zero-order valence-corrected chi connectivity index (χ0v) is 17.3. The highest BCUT2D eigenvalue weighted by Crippen LogP contribution is 2.35. The highest BCUT2D eigenvalue weighted by atomic mass is 32.1. The van der Waals surface area contributed by atoms with Crippen molar-refractivity contribution in [2.24, 2.45) is 0 Å². The molecule has 0 fully saturated rings. The second-order valence-corrected chi connectivity index (χ2v) is 7.55. The van der Waals surface area contributed by atoms with Gasteiger partial charge in [0.1, 0.15) is 16.2 Å². The van der Waals surface area contributed by atoms with Crippen LogP contribution in [0.15, 0.2) is 34.7 Å². The van der Waals surface area contributed by atoms with Crippen molar-refractivity contribution in [3.05, 3.63) is 46.2 Å². The fourth-order valence-corrected chi connectivity index (χ4v) is 3.81. The van der Waals surface area contributed by atoms with E-state index in [4.69, 9.17) is 9.15 Å². The van der Waals surface area contributed by atoms with E-state index in [2.05, 4.69) is 4.98 Å². The summed E-state index contributed by atoms with van der Waals surface area (Å²) in [4.78, 5) is 31.5. The van der Waals surface area contributed by atoms with Gasteiger partial charge in [-0.2, -0.15) is 0 Å². The Labute approximate surface area is 171 Å². The predicted molar refractivity (Wildman–Crippen MR) is 111 cm³/mol. The summed E-state index contributed by atoms with van der Waals surface area (Å²) in [5.74, 6) is -0.369. The van der Waals surface area contributed by atoms with Crippen LogP contribution in [0.2, 0.25) is 0 Å². The summed E-state index contributed by atoms with van der Waals surface area (Å²) in [7, 11) is 3.90. The number of benzene rings is 1. The van der Waals surface area contributed by atoms with Crippen LogP contribution in [0.25, 0.3) is 10.2 Å². The number of anilines is 1. The molecule has 0 saturated heterocycles. The van der Waals surface area contributed by atoms with Crippen LogP contribution < -0.4 is 9.64 Å². The smallest absolute Gasteiger partial charge is 0.433 e. The van der Waals surface area contributed by atoms with Crippen LogP contribution >= 0.6 is 11.3 Å². The fraction of sp³-hybridized carbons (Fsp3) is 0.368. The molecular weight excluding hydrogens is 396 g/mol. The van der Waals surface area contributed by atoms with Gasteiger partial charge in [-0.15, -0.1) is 0 Å². The number of para-hydroxylation sites is 1. The van der Waals surface area contributed by atoms with Gasteiger partial charge in [0.25, 0.3) is 5.91 Å². The van der Waals surface area contributed by atoms with E-state index in [-0.39, 0.29) is 5.76 Å². The van der Waals surface area contributed by atoms with Crippen LogP contribution in [0.5, 0.6) is 5.75 Å². The van der Waals surface area contributed by atoms with E-state index in [9.17, 15) is 14.9 Å². The molecule has 0 aliphatic carbocycles. The lowest BCUT2D eigenvalue weighted by atomic mass is 10.3. The summed E-state index contributed by atoms with van der Waals surface area (Å²) in [5.41, 5.74) is 0.685. The van der Waals surface area contributed by atoms with Gasteiger partial charge in [-0.05, 0) is 52.2 Å². The standard InChI is InChI=1S/C19H22N4O5S/c1-4-27-13-7-5-8-15-17(13)20-19(29-15)22(12-6-11-21(2)3)18(24)14-9-10-16(28-14)23(25)26/h5,7-10H,4,6,11-12H2,1-3H3. The maximum absolute atomic E-state index is 13.1. The molecule has 0 spiro atoms. The number of furan rings is 1. The topological polar surface area (TPSA) is 102 Å². The molecule has 0 unspecified atom stereocenters. The average molecular weight is 418 g/mol. The third kappa shape index (κ3) is 4.72. The van der Waals surface area contributed by atoms with E-state index < -0.39 is 16.7 Å². The van der Waals surface area contributed by atoms with Crippen molar-refractivity contribution in [2.75, 3.05) is 38.7 Å². The number of amides is 1. The number of ether oxygens (including phenoxy) is 1. The molecule has 10 heteroatoms. The first-order valence-electron chi connectivity index (χ1n) is 9.14. The minimum absolute atomic E-state index is 0.0918. The van der Waals surface area contributed by atoms with Crippen molar-refractivity contribution in [1.29, 1.82) is 0 Å². The van der Waals surface area contributed by atoms with Gasteiger partial charge in [0.2, 0.25) is 0 Å². The van der Waals surface area contributed by atoms with Crippen LogP contribution in [0.1, 0.15) is 23.9 Å². The number of nitrogens with zero attached hydrogens (tertiary/aromatic N) is 4. The predicted octanol–water partition coefficient (Wildman–Crippen LogP) is 3.79. The fourth-order valence-electron chi connectivity index (χ4n) is 2.80. The minimum Gasteiger partial charge on any atom is -0.492 e. The average Bonchev–Trinajstić information content (AvgIpc) is 3.32. The zero-order chi connectivity index (χ0) is 21.0. The number of aromatic nitrogens is 1. The quantitative estimate of drug-likeness (QED) is 0.385. The van der Waals surface area contributed by atoms with Gasteiger partial charge >= 0.3 is 5.88 Å². The van der Waals surface area contributed by atoms with Crippen molar-refractivity contribution in [3.8, 4) is 5.75 Å². The second kappa shape index (κ2) is 9.01. The van der Waals surface area contributed by atoms with E-state index in [1.54, 1.807) is 0 Å². The second-order valence-electron chi connectivity index (χ2n) is 6.54. The summed E-state index contributed by atoms with van der Waals surface area (Å²) in [5, 5.41) is 11.4. The van der Waals surface area contributed by atoms with Gasteiger partial charge in [0.05, 0.1) is 17.4 Å². The van der Waals surface area contributed by atoms with E-state index in [1.807, 2.05) is 44.1 Å². The number of hydrogen-bond acceptors (Lipinski definition) is 8. The molecule has 3 aromatic rings. The number of rotatable bonds is 9. The van der Waals surface area contributed by atoms with Crippen molar-refractivity contribution >= 4 is 38.5 Å². The van der Waals surface area contributed by atoms with Crippen LogP contribution in [-0.4, -0.2) is 54.5 Å². The molecule has 0 radical (unpaired) electrons. The van der Waals surface area contributed by atoms with Gasteiger partial charge in [0.15, 0.2) is 10.9 Å². The largest absolute Gasteiger partial charge is 0.492 e. The Kier molecular flexibility index (Phi) is 6.45. The summed E-state index contributed by atoms with van der Waals surface area (Å²) < 4.78 is 11.7. The number of thiazole rings is 1. The number of nitro groups is 1. The molecule has 0 aliphatic heterocycles. The number of hydrogen-bond donors (Lipinski definition) is 0. The lowest BCUT2D eigenvalue weighted by Crippen LogP contribution is -2.33. The number of carbonyl (C=O) groups excluding carboxylic acids is 1.